The van der Waals surface area contributed by atoms with E-state index in [4.69, 9.17) is 26.2 Å². The Morgan fingerprint density at radius 3 is 2.69 bits per heavy atom. The van der Waals surface area contributed by atoms with Gasteiger partial charge in [-0.1, -0.05) is 29.8 Å². The average molecular weight is 434 g/mol. The molecule has 0 radical (unpaired) electrons. The van der Waals surface area contributed by atoms with Gasteiger partial charge in [-0.2, -0.15) is 0 Å². The van der Waals surface area contributed by atoms with E-state index < -0.39 is 18.5 Å². The molecule has 150 valence electrons. The Morgan fingerprint density at radius 2 is 2.00 bits per heavy atom. The number of nitrogens with zero attached hydrogens (tertiary/aromatic N) is 1. The molecule has 29 heavy (non-hydrogen) atoms. The van der Waals surface area contributed by atoms with E-state index in [1.54, 1.807) is 48.5 Å². The Morgan fingerprint density at radius 1 is 1.21 bits per heavy atom. The first-order valence-electron chi connectivity index (χ1n) is 8.40. The molecular weight excluding hydrogens is 418 g/mol. The minimum Gasteiger partial charge on any atom is -0.493 e. The fourth-order valence-electron chi connectivity index (χ4n) is 2.64. The summed E-state index contributed by atoms with van der Waals surface area (Å²) in [5, 5.41) is 8.89. The van der Waals surface area contributed by atoms with Gasteiger partial charge in [0.2, 0.25) is 0 Å². The van der Waals surface area contributed by atoms with Gasteiger partial charge in [0, 0.05) is 5.02 Å². The molecule has 1 heterocycles. The zero-order valence-corrected chi connectivity index (χ0v) is 16.8. The number of benzene rings is 2. The molecule has 0 spiro atoms. The number of ether oxygens (including phenoxy) is 2. The summed E-state index contributed by atoms with van der Waals surface area (Å²) in [4.78, 5) is 37.1. The molecule has 9 heteroatoms. The topological polar surface area (TPSA) is 93.1 Å². The number of hydrogen-bond acceptors (Lipinski definition) is 6. The lowest BCUT2D eigenvalue weighted by Gasteiger charge is -2.12. The molecule has 1 aliphatic rings. The van der Waals surface area contributed by atoms with Gasteiger partial charge in [0.1, 0.15) is 0 Å². The van der Waals surface area contributed by atoms with Crippen LogP contribution in [-0.2, 0) is 16.1 Å². The van der Waals surface area contributed by atoms with Crippen molar-refractivity contribution in [3.63, 3.8) is 0 Å². The van der Waals surface area contributed by atoms with E-state index in [1.165, 1.54) is 7.11 Å². The molecule has 2 aromatic carbocycles. The maximum atomic E-state index is 12.7. The number of carbonyl (C=O) groups excluding carboxylic acids is 2. The van der Waals surface area contributed by atoms with Crippen molar-refractivity contribution in [3.05, 3.63) is 63.5 Å². The van der Waals surface area contributed by atoms with Crippen LogP contribution in [-0.4, -0.2) is 40.8 Å². The number of imide groups is 1. The van der Waals surface area contributed by atoms with Crippen LogP contribution in [0.25, 0.3) is 6.08 Å². The van der Waals surface area contributed by atoms with Crippen molar-refractivity contribution in [2.45, 2.75) is 6.54 Å². The third-order valence-electron chi connectivity index (χ3n) is 3.94. The van der Waals surface area contributed by atoms with Gasteiger partial charge in [-0.25, -0.2) is 4.79 Å². The highest BCUT2D eigenvalue weighted by Gasteiger charge is 2.35. The van der Waals surface area contributed by atoms with Gasteiger partial charge in [-0.3, -0.25) is 14.5 Å². The standard InChI is InChI=1S/C20H16ClNO6S/c1-27-16-8-12(5-6-15(16)28-11-18(23)24)9-17-19(25)22(20(26)29-17)10-13-3-2-4-14(21)7-13/h2-9H,10-11H2,1H3,(H,23,24)/b17-9-. The van der Waals surface area contributed by atoms with Crippen molar-refractivity contribution in [1.29, 1.82) is 0 Å². The highest BCUT2D eigenvalue weighted by atomic mass is 35.5. The lowest BCUT2D eigenvalue weighted by Crippen LogP contribution is -2.27. The zero-order valence-electron chi connectivity index (χ0n) is 15.3. The van der Waals surface area contributed by atoms with Crippen LogP contribution in [0.15, 0.2) is 47.4 Å². The average Bonchev–Trinajstić information content (AvgIpc) is 2.94. The van der Waals surface area contributed by atoms with Crippen molar-refractivity contribution in [1.82, 2.24) is 4.90 Å². The maximum absolute atomic E-state index is 12.7. The molecule has 1 N–H and O–H groups in total. The highest BCUT2D eigenvalue weighted by molar-refractivity contribution is 8.18. The second-order valence-electron chi connectivity index (χ2n) is 5.99. The normalized spacial score (nSPS) is 15.1. The van der Waals surface area contributed by atoms with Gasteiger partial charge in [-0.15, -0.1) is 0 Å². The van der Waals surface area contributed by atoms with E-state index in [9.17, 15) is 14.4 Å². The lowest BCUT2D eigenvalue weighted by atomic mass is 10.1. The second kappa shape index (κ2) is 9.02. The maximum Gasteiger partial charge on any atom is 0.341 e. The first-order chi connectivity index (χ1) is 13.9. The number of carboxylic acid groups (broad SMARTS) is 1. The Balaban J connectivity index is 1.79. The highest BCUT2D eigenvalue weighted by Crippen LogP contribution is 2.35. The van der Waals surface area contributed by atoms with Crippen LogP contribution in [0.3, 0.4) is 0 Å². The van der Waals surface area contributed by atoms with Gasteiger partial charge in [0.05, 0.1) is 18.6 Å². The van der Waals surface area contributed by atoms with E-state index in [2.05, 4.69) is 0 Å². The molecule has 1 saturated heterocycles. The smallest absolute Gasteiger partial charge is 0.341 e. The summed E-state index contributed by atoms with van der Waals surface area (Å²) >= 11 is 6.81. The predicted molar refractivity (Wildman–Crippen MR) is 109 cm³/mol. The van der Waals surface area contributed by atoms with Crippen molar-refractivity contribution >= 4 is 46.6 Å². The molecule has 0 atom stereocenters. The number of aliphatic carboxylic acids is 1. The van der Waals surface area contributed by atoms with Crippen LogP contribution >= 0.6 is 23.4 Å². The van der Waals surface area contributed by atoms with Crippen molar-refractivity contribution in [2.24, 2.45) is 0 Å². The first kappa shape index (κ1) is 20.8. The second-order valence-corrected chi connectivity index (χ2v) is 7.42. The van der Waals surface area contributed by atoms with Crippen molar-refractivity contribution < 1.29 is 29.0 Å². The van der Waals surface area contributed by atoms with Crippen LogP contribution in [0.4, 0.5) is 4.79 Å². The number of hydrogen-bond donors (Lipinski definition) is 1. The molecule has 3 rings (SSSR count). The van der Waals surface area contributed by atoms with Gasteiger partial charge in [-0.05, 0) is 53.2 Å². The minimum absolute atomic E-state index is 0.133. The van der Waals surface area contributed by atoms with Gasteiger partial charge < -0.3 is 14.6 Å². The molecule has 7 nitrogen and oxygen atoms in total. The number of amides is 2. The third-order valence-corrected chi connectivity index (χ3v) is 5.08. The number of thioether (sulfide) groups is 1. The minimum atomic E-state index is -1.11. The first-order valence-corrected chi connectivity index (χ1v) is 9.59. The fourth-order valence-corrected chi connectivity index (χ4v) is 3.69. The third kappa shape index (κ3) is 5.10. The summed E-state index contributed by atoms with van der Waals surface area (Å²) in [7, 11) is 1.42. The van der Waals surface area contributed by atoms with E-state index in [1.807, 2.05) is 0 Å². The summed E-state index contributed by atoms with van der Waals surface area (Å²) in [5.74, 6) is -0.922. The van der Waals surface area contributed by atoms with Crippen LogP contribution in [0.2, 0.25) is 5.02 Å². The van der Waals surface area contributed by atoms with Crippen LogP contribution < -0.4 is 9.47 Å². The Bertz CT molecular complexity index is 1010. The lowest BCUT2D eigenvalue weighted by molar-refractivity contribution is -0.139. The summed E-state index contributed by atoms with van der Waals surface area (Å²) in [6, 6.07) is 11.8. The number of rotatable bonds is 7. The largest absolute Gasteiger partial charge is 0.493 e. The summed E-state index contributed by atoms with van der Waals surface area (Å²) < 4.78 is 10.4. The van der Waals surface area contributed by atoms with E-state index in [0.29, 0.717) is 16.3 Å². The van der Waals surface area contributed by atoms with Crippen LogP contribution in [0.1, 0.15) is 11.1 Å². The van der Waals surface area contributed by atoms with Crippen molar-refractivity contribution in [3.8, 4) is 11.5 Å². The van der Waals surface area contributed by atoms with Crippen molar-refractivity contribution in [2.75, 3.05) is 13.7 Å². The Kier molecular flexibility index (Phi) is 6.46. The molecule has 0 aliphatic carbocycles. The monoisotopic (exact) mass is 433 g/mol. The van der Waals surface area contributed by atoms with Crippen LogP contribution in [0, 0.1) is 0 Å². The van der Waals surface area contributed by atoms with Gasteiger partial charge in [0.25, 0.3) is 11.1 Å². The number of methoxy groups -OCH3 is 1. The summed E-state index contributed by atoms with van der Waals surface area (Å²) in [5.41, 5.74) is 1.36. The van der Waals surface area contributed by atoms with Gasteiger partial charge in [0.15, 0.2) is 18.1 Å². The van der Waals surface area contributed by atoms with E-state index in [-0.39, 0.29) is 22.4 Å². The quantitative estimate of drug-likeness (QED) is 0.658. The fraction of sp³-hybridized carbons (Fsp3) is 0.150. The summed E-state index contributed by atoms with van der Waals surface area (Å²) in [6.07, 6.45) is 1.58. The molecule has 2 amide bonds. The SMILES string of the molecule is COc1cc(/C=C2\SC(=O)N(Cc3cccc(Cl)c3)C2=O)ccc1OCC(=O)O. The number of carbonyl (C=O) groups is 3. The molecule has 0 aromatic heterocycles. The molecule has 2 aromatic rings. The molecule has 1 aliphatic heterocycles. The Labute approximate surface area is 175 Å². The molecular formula is C20H16ClNO6S. The van der Waals surface area contributed by atoms with Crippen LogP contribution in [0.5, 0.6) is 11.5 Å². The Hall–Kier alpha value is -2.97. The summed E-state index contributed by atoms with van der Waals surface area (Å²) in [6.45, 7) is -0.369. The number of carboxylic acids is 1. The molecule has 0 bridgehead atoms. The van der Waals surface area contributed by atoms with E-state index >= 15 is 0 Å². The predicted octanol–water partition coefficient (Wildman–Crippen LogP) is 4.05. The zero-order chi connectivity index (χ0) is 21.0. The molecule has 1 fully saturated rings. The number of halogens is 1. The molecule has 0 unspecified atom stereocenters. The molecule has 0 saturated carbocycles. The van der Waals surface area contributed by atoms with Gasteiger partial charge >= 0.3 is 5.97 Å². The van der Waals surface area contributed by atoms with E-state index in [0.717, 1.165) is 22.2 Å².